The number of aliphatic carboxylic acids is 1. The van der Waals surface area contributed by atoms with Gasteiger partial charge in [0.05, 0.1) is 5.57 Å². The van der Waals surface area contributed by atoms with E-state index in [1.54, 1.807) is 0 Å². The van der Waals surface area contributed by atoms with Crippen molar-refractivity contribution in [3.8, 4) is 0 Å². The van der Waals surface area contributed by atoms with Crippen LogP contribution in [0, 0.1) is 5.92 Å². The lowest BCUT2D eigenvalue weighted by Crippen LogP contribution is -1.98. The Bertz CT molecular complexity index is 196. The summed E-state index contributed by atoms with van der Waals surface area (Å²) in [6.07, 6.45) is 1.50. The monoisotopic (exact) mass is 160 g/mol. The van der Waals surface area contributed by atoms with Crippen molar-refractivity contribution in [1.82, 2.24) is 0 Å². The van der Waals surface area contributed by atoms with Gasteiger partial charge in [-0.25, -0.2) is 4.79 Å². The smallest absolute Gasteiger partial charge is 0.332 e. The zero-order valence-electron chi connectivity index (χ0n) is 5.72. The number of rotatable bonds is 1. The van der Waals surface area contributed by atoms with Crippen LogP contribution in [-0.4, -0.2) is 11.1 Å². The molecule has 0 aromatic heterocycles. The maximum Gasteiger partial charge on any atom is 0.332 e. The van der Waals surface area contributed by atoms with Crippen molar-refractivity contribution in [3.63, 3.8) is 0 Å². The van der Waals surface area contributed by atoms with E-state index in [2.05, 4.69) is 0 Å². The predicted molar refractivity (Wildman–Crippen MR) is 38.9 cm³/mol. The molecule has 1 aliphatic carbocycles. The summed E-state index contributed by atoms with van der Waals surface area (Å²) in [5.41, 5.74) is 0.397. The van der Waals surface area contributed by atoms with Gasteiger partial charge in [-0.05, 0) is 18.8 Å². The molecule has 0 saturated heterocycles. The van der Waals surface area contributed by atoms with E-state index < -0.39 is 5.97 Å². The molecule has 10 heavy (non-hydrogen) atoms. The van der Waals surface area contributed by atoms with Crippen LogP contribution >= 0.6 is 11.6 Å². The lowest BCUT2D eigenvalue weighted by Gasteiger charge is -1.97. The number of carbonyl (C=O) groups is 1. The Kier molecular flexibility index (Phi) is 2.00. The Morgan fingerprint density at radius 1 is 1.80 bits per heavy atom. The minimum absolute atomic E-state index is 0.243. The van der Waals surface area contributed by atoms with Crippen LogP contribution in [0.2, 0.25) is 0 Å². The van der Waals surface area contributed by atoms with Gasteiger partial charge in [-0.15, -0.1) is 0 Å². The molecule has 1 N–H and O–H groups in total. The van der Waals surface area contributed by atoms with Gasteiger partial charge in [-0.1, -0.05) is 18.5 Å². The molecular weight excluding hydrogens is 152 g/mol. The number of carboxylic acids is 1. The van der Waals surface area contributed by atoms with Gasteiger partial charge >= 0.3 is 5.97 Å². The average molecular weight is 161 g/mol. The molecule has 0 aliphatic heterocycles. The third-order valence-electron chi connectivity index (χ3n) is 1.81. The number of halogens is 1. The van der Waals surface area contributed by atoms with Crippen molar-refractivity contribution < 1.29 is 9.90 Å². The predicted octanol–water partition coefficient (Wildman–Crippen LogP) is 1.99. The first-order valence-electron chi connectivity index (χ1n) is 3.24. The summed E-state index contributed by atoms with van der Waals surface area (Å²) in [5, 5.41) is 9.09. The number of allylic oxidation sites excluding steroid dienone is 1. The fraction of sp³-hybridized carbons (Fsp3) is 0.571. The number of carboxylic acid groups (broad SMARTS) is 1. The van der Waals surface area contributed by atoms with E-state index in [-0.39, 0.29) is 5.92 Å². The van der Waals surface area contributed by atoms with Crippen LogP contribution in [0.15, 0.2) is 10.6 Å². The lowest BCUT2D eigenvalue weighted by molar-refractivity contribution is -0.132. The molecule has 0 fully saturated rings. The van der Waals surface area contributed by atoms with Gasteiger partial charge in [0, 0.05) is 5.03 Å². The quantitative estimate of drug-likeness (QED) is 0.637. The fourth-order valence-corrected chi connectivity index (χ4v) is 1.40. The van der Waals surface area contributed by atoms with Crippen molar-refractivity contribution in [3.05, 3.63) is 10.6 Å². The van der Waals surface area contributed by atoms with Gasteiger partial charge < -0.3 is 5.11 Å². The SMILES string of the molecule is CC1CCC(C(=O)O)=C1Cl. The highest BCUT2D eigenvalue weighted by molar-refractivity contribution is 6.32. The highest BCUT2D eigenvalue weighted by Crippen LogP contribution is 2.33. The molecule has 1 rings (SSSR count). The van der Waals surface area contributed by atoms with Crippen LogP contribution in [0.1, 0.15) is 19.8 Å². The molecule has 0 amide bonds. The van der Waals surface area contributed by atoms with Gasteiger partial charge in [0.25, 0.3) is 0 Å². The summed E-state index contributed by atoms with van der Waals surface area (Å²) >= 11 is 5.72. The van der Waals surface area contributed by atoms with E-state index in [0.717, 1.165) is 6.42 Å². The Morgan fingerprint density at radius 2 is 2.40 bits per heavy atom. The first kappa shape index (κ1) is 7.61. The molecule has 0 bridgehead atoms. The molecule has 1 aliphatic rings. The van der Waals surface area contributed by atoms with E-state index in [1.165, 1.54) is 0 Å². The van der Waals surface area contributed by atoms with Crippen molar-refractivity contribution in [1.29, 1.82) is 0 Å². The first-order valence-corrected chi connectivity index (χ1v) is 3.62. The zero-order chi connectivity index (χ0) is 7.72. The summed E-state index contributed by atoms with van der Waals surface area (Å²) < 4.78 is 0. The Morgan fingerprint density at radius 3 is 2.60 bits per heavy atom. The van der Waals surface area contributed by atoms with Crippen LogP contribution in [0.5, 0.6) is 0 Å². The molecule has 2 nitrogen and oxygen atoms in total. The third kappa shape index (κ3) is 1.16. The summed E-state index contributed by atoms with van der Waals surface area (Å²) in [6.45, 7) is 1.94. The normalized spacial score (nSPS) is 25.6. The second-order valence-electron chi connectivity index (χ2n) is 2.57. The van der Waals surface area contributed by atoms with E-state index in [4.69, 9.17) is 16.7 Å². The van der Waals surface area contributed by atoms with Crippen LogP contribution in [-0.2, 0) is 4.79 Å². The molecule has 1 unspecified atom stereocenters. The van der Waals surface area contributed by atoms with Gasteiger partial charge in [-0.3, -0.25) is 0 Å². The highest BCUT2D eigenvalue weighted by atomic mass is 35.5. The molecule has 0 heterocycles. The maximum absolute atomic E-state index is 10.4. The van der Waals surface area contributed by atoms with Crippen LogP contribution in [0.25, 0.3) is 0 Å². The lowest BCUT2D eigenvalue weighted by atomic mass is 10.2. The molecule has 3 heteroatoms. The summed E-state index contributed by atoms with van der Waals surface area (Å²) in [4.78, 5) is 10.4. The Balaban J connectivity index is 2.85. The topological polar surface area (TPSA) is 37.3 Å². The van der Waals surface area contributed by atoms with Crippen molar-refractivity contribution in [2.24, 2.45) is 5.92 Å². The van der Waals surface area contributed by atoms with Crippen molar-refractivity contribution >= 4 is 17.6 Å². The standard InChI is InChI=1S/C7H9ClO2/c1-4-2-3-5(6(4)8)7(9)10/h4H,2-3H2,1H3,(H,9,10). The van der Waals surface area contributed by atoms with E-state index >= 15 is 0 Å². The summed E-state index contributed by atoms with van der Waals surface area (Å²) in [5.74, 6) is -0.623. The third-order valence-corrected chi connectivity index (χ3v) is 2.41. The minimum Gasteiger partial charge on any atom is -0.478 e. The molecule has 1 atom stereocenters. The second-order valence-corrected chi connectivity index (χ2v) is 2.98. The average Bonchev–Trinajstić information content (AvgIpc) is 2.14. The summed E-state index contributed by atoms with van der Waals surface area (Å²) in [6, 6.07) is 0. The molecule has 0 spiro atoms. The van der Waals surface area contributed by atoms with Crippen LogP contribution < -0.4 is 0 Å². The highest BCUT2D eigenvalue weighted by Gasteiger charge is 2.24. The van der Waals surface area contributed by atoms with Gasteiger partial charge in [0.1, 0.15) is 0 Å². The second kappa shape index (κ2) is 2.62. The molecule has 0 aromatic rings. The Labute approximate surface area is 64.5 Å². The van der Waals surface area contributed by atoms with Crippen molar-refractivity contribution in [2.45, 2.75) is 19.8 Å². The molecule has 0 radical (unpaired) electrons. The van der Waals surface area contributed by atoms with Gasteiger partial charge in [-0.2, -0.15) is 0 Å². The van der Waals surface area contributed by atoms with E-state index in [9.17, 15) is 4.79 Å². The zero-order valence-corrected chi connectivity index (χ0v) is 6.48. The molecule has 56 valence electrons. The number of hydrogen-bond acceptors (Lipinski definition) is 1. The fourth-order valence-electron chi connectivity index (χ4n) is 1.11. The summed E-state index contributed by atoms with van der Waals surface area (Å²) in [7, 11) is 0. The number of hydrogen-bond donors (Lipinski definition) is 1. The van der Waals surface area contributed by atoms with E-state index in [0.29, 0.717) is 17.0 Å². The minimum atomic E-state index is -0.866. The molecular formula is C7H9ClO2. The first-order chi connectivity index (χ1) is 4.63. The van der Waals surface area contributed by atoms with Gasteiger partial charge in [0.15, 0.2) is 0 Å². The van der Waals surface area contributed by atoms with Crippen LogP contribution in [0.3, 0.4) is 0 Å². The van der Waals surface area contributed by atoms with E-state index in [1.807, 2.05) is 6.92 Å². The molecule has 0 aromatic carbocycles. The maximum atomic E-state index is 10.4. The van der Waals surface area contributed by atoms with Crippen molar-refractivity contribution in [2.75, 3.05) is 0 Å². The Hall–Kier alpha value is -0.500. The van der Waals surface area contributed by atoms with Gasteiger partial charge in [0.2, 0.25) is 0 Å². The largest absolute Gasteiger partial charge is 0.478 e. The van der Waals surface area contributed by atoms with Crippen LogP contribution in [0.4, 0.5) is 0 Å². The molecule has 0 saturated carbocycles.